The number of nitrogens with one attached hydrogen (secondary N) is 1. The van der Waals surface area contributed by atoms with Crippen LogP contribution < -0.4 is 11.1 Å². The van der Waals surface area contributed by atoms with E-state index in [9.17, 15) is 0 Å². The van der Waals surface area contributed by atoms with Crippen molar-refractivity contribution < 1.29 is 0 Å². The fraction of sp³-hybridized carbons (Fsp3) is 0.500. The van der Waals surface area contributed by atoms with Gasteiger partial charge in [-0.3, -0.25) is 4.99 Å². The summed E-state index contributed by atoms with van der Waals surface area (Å²) >= 11 is 4.33. The third-order valence-electron chi connectivity index (χ3n) is 1.72. The second-order valence-electron chi connectivity index (χ2n) is 3.03. The van der Waals surface area contributed by atoms with Crippen LogP contribution in [0.15, 0.2) is 29.5 Å². The van der Waals surface area contributed by atoms with Gasteiger partial charge in [-0.1, -0.05) is 26.5 Å². The van der Waals surface area contributed by atoms with Crippen molar-refractivity contribution in [3.8, 4) is 0 Å². The average Bonchev–Trinajstić information content (AvgIpc) is 2.04. The van der Waals surface area contributed by atoms with Gasteiger partial charge in [0, 0.05) is 18.4 Å². The number of hydrogen-bond donors (Lipinski definition) is 3. The molecule has 1 unspecified atom stereocenters. The zero-order chi connectivity index (χ0) is 11.1. The fourth-order valence-electron chi connectivity index (χ4n) is 1.08. The van der Waals surface area contributed by atoms with Crippen molar-refractivity contribution >= 4 is 18.3 Å². The largest absolute Gasteiger partial charge is 0.398 e. The smallest absolute Gasteiger partial charge is 0.114 e. The molecule has 80 valence electrons. The molecule has 4 heteroatoms. The standard InChI is InChI=1S/C10H19N3S/c1-5-6-7(2)13-10(14)9(12-4)8(3)11/h10,13-14H,2-3,5-6,11H2,1,4H3. The maximum absolute atomic E-state index is 5.55. The third-order valence-corrected chi connectivity index (χ3v) is 2.10. The lowest BCUT2D eigenvalue weighted by molar-refractivity contribution is 0.780. The SMILES string of the molecule is C=C(CCC)NC(S)C(=NC)C(=C)N. The second-order valence-corrected chi connectivity index (χ2v) is 3.55. The van der Waals surface area contributed by atoms with E-state index in [0.717, 1.165) is 18.5 Å². The first-order valence-electron chi connectivity index (χ1n) is 4.56. The van der Waals surface area contributed by atoms with E-state index >= 15 is 0 Å². The Morgan fingerprint density at radius 3 is 2.50 bits per heavy atom. The lowest BCUT2D eigenvalue weighted by Crippen LogP contribution is -2.34. The molecule has 0 radical (unpaired) electrons. The van der Waals surface area contributed by atoms with Crippen LogP contribution in [0.1, 0.15) is 19.8 Å². The van der Waals surface area contributed by atoms with Crippen LogP contribution in [0.2, 0.25) is 0 Å². The summed E-state index contributed by atoms with van der Waals surface area (Å²) in [6.07, 6.45) is 1.97. The highest BCUT2D eigenvalue weighted by molar-refractivity contribution is 7.81. The van der Waals surface area contributed by atoms with Gasteiger partial charge in [0.15, 0.2) is 0 Å². The van der Waals surface area contributed by atoms with Gasteiger partial charge in [-0.25, -0.2) is 0 Å². The average molecular weight is 213 g/mol. The molecule has 0 rings (SSSR count). The molecule has 0 bridgehead atoms. The molecule has 0 spiro atoms. The van der Waals surface area contributed by atoms with E-state index in [2.05, 4.69) is 43.0 Å². The maximum atomic E-state index is 5.55. The fourth-order valence-corrected chi connectivity index (χ4v) is 1.54. The monoisotopic (exact) mass is 213 g/mol. The van der Waals surface area contributed by atoms with Gasteiger partial charge in [-0.05, 0) is 6.42 Å². The van der Waals surface area contributed by atoms with Gasteiger partial charge in [0.05, 0.1) is 5.71 Å². The van der Waals surface area contributed by atoms with E-state index in [0.29, 0.717) is 11.4 Å². The first kappa shape index (κ1) is 13.1. The van der Waals surface area contributed by atoms with Crippen molar-refractivity contribution in [3.63, 3.8) is 0 Å². The van der Waals surface area contributed by atoms with E-state index in [1.807, 2.05) is 0 Å². The van der Waals surface area contributed by atoms with Gasteiger partial charge in [0.25, 0.3) is 0 Å². The molecule has 3 nitrogen and oxygen atoms in total. The molecule has 0 heterocycles. The predicted octanol–water partition coefficient (Wildman–Crippen LogP) is 1.69. The molecule has 0 saturated heterocycles. The van der Waals surface area contributed by atoms with E-state index < -0.39 is 0 Å². The first-order chi connectivity index (χ1) is 6.52. The summed E-state index contributed by atoms with van der Waals surface area (Å²) in [6.45, 7) is 9.60. The molecule has 0 aromatic heterocycles. The Morgan fingerprint density at radius 1 is 1.57 bits per heavy atom. The Bertz CT molecular complexity index is 246. The van der Waals surface area contributed by atoms with Crippen LogP contribution in [-0.4, -0.2) is 18.1 Å². The van der Waals surface area contributed by atoms with Crippen LogP contribution in [0.25, 0.3) is 0 Å². The molecule has 0 aromatic carbocycles. The first-order valence-corrected chi connectivity index (χ1v) is 5.08. The zero-order valence-corrected chi connectivity index (χ0v) is 9.77. The van der Waals surface area contributed by atoms with Gasteiger partial charge in [-0.2, -0.15) is 0 Å². The van der Waals surface area contributed by atoms with Crippen LogP contribution in [-0.2, 0) is 0 Å². The normalized spacial score (nSPS) is 13.5. The molecule has 14 heavy (non-hydrogen) atoms. The van der Waals surface area contributed by atoms with Crippen LogP contribution in [0, 0.1) is 0 Å². The van der Waals surface area contributed by atoms with Crippen LogP contribution >= 0.6 is 12.6 Å². The number of rotatable bonds is 6. The highest BCUT2D eigenvalue weighted by Crippen LogP contribution is 2.05. The molecule has 0 fully saturated rings. The van der Waals surface area contributed by atoms with Crippen molar-refractivity contribution in [2.45, 2.75) is 25.1 Å². The number of hydrogen-bond acceptors (Lipinski definition) is 4. The summed E-state index contributed by atoms with van der Waals surface area (Å²) in [5, 5.41) is 2.89. The highest BCUT2D eigenvalue weighted by Gasteiger charge is 2.11. The minimum atomic E-state index is -0.225. The summed E-state index contributed by atoms with van der Waals surface area (Å²) in [4.78, 5) is 4.01. The minimum Gasteiger partial charge on any atom is -0.398 e. The summed E-state index contributed by atoms with van der Waals surface area (Å²) in [5.74, 6) is 0. The number of nitrogens with zero attached hydrogens (tertiary/aromatic N) is 1. The highest BCUT2D eigenvalue weighted by atomic mass is 32.1. The summed E-state index contributed by atoms with van der Waals surface area (Å²) in [5.41, 5.74) is 7.59. The lowest BCUT2D eigenvalue weighted by atomic mass is 10.2. The minimum absolute atomic E-state index is 0.225. The lowest BCUT2D eigenvalue weighted by Gasteiger charge is -2.17. The Morgan fingerprint density at radius 2 is 2.14 bits per heavy atom. The zero-order valence-electron chi connectivity index (χ0n) is 8.88. The Kier molecular flexibility index (Phi) is 6.12. The molecule has 0 amide bonds. The Balaban J connectivity index is 4.25. The van der Waals surface area contributed by atoms with Crippen molar-refractivity contribution in [2.24, 2.45) is 10.7 Å². The molecular weight excluding hydrogens is 194 g/mol. The second kappa shape index (κ2) is 6.54. The van der Waals surface area contributed by atoms with Crippen LogP contribution in [0.3, 0.4) is 0 Å². The molecule has 0 saturated carbocycles. The van der Waals surface area contributed by atoms with E-state index in [1.54, 1.807) is 7.05 Å². The maximum Gasteiger partial charge on any atom is 0.114 e. The van der Waals surface area contributed by atoms with Crippen LogP contribution in [0.4, 0.5) is 0 Å². The summed E-state index contributed by atoms with van der Waals surface area (Å²) in [6, 6.07) is 0. The van der Waals surface area contributed by atoms with Crippen molar-refractivity contribution in [3.05, 3.63) is 24.6 Å². The molecule has 1 atom stereocenters. The van der Waals surface area contributed by atoms with Gasteiger partial charge >= 0.3 is 0 Å². The number of thiol groups is 1. The van der Waals surface area contributed by atoms with Gasteiger partial charge in [0.2, 0.25) is 0 Å². The van der Waals surface area contributed by atoms with Gasteiger partial charge in [-0.15, -0.1) is 12.6 Å². The summed E-state index contributed by atoms with van der Waals surface area (Å²) < 4.78 is 0. The van der Waals surface area contributed by atoms with Crippen molar-refractivity contribution in [1.29, 1.82) is 0 Å². The topological polar surface area (TPSA) is 50.4 Å². The molecule has 0 aromatic rings. The van der Waals surface area contributed by atoms with Gasteiger partial charge in [0.1, 0.15) is 5.37 Å². The summed E-state index contributed by atoms with van der Waals surface area (Å²) in [7, 11) is 1.67. The molecule has 0 aliphatic carbocycles. The Hall–Kier alpha value is -0.900. The predicted molar refractivity (Wildman–Crippen MR) is 66.6 cm³/mol. The number of aliphatic imine (C=N–C) groups is 1. The van der Waals surface area contributed by atoms with Crippen molar-refractivity contribution in [2.75, 3.05) is 7.05 Å². The third kappa shape index (κ3) is 4.37. The van der Waals surface area contributed by atoms with Crippen molar-refractivity contribution in [1.82, 2.24) is 5.32 Å². The van der Waals surface area contributed by atoms with E-state index in [4.69, 9.17) is 5.73 Å². The molecule has 3 N–H and O–H groups in total. The van der Waals surface area contributed by atoms with Gasteiger partial charge < -0.3 is 11.1 Å². The molecule has 0 aliphatic heterocycles. The number of nitrogens with two attached hydrogens (primary N) is 1. The quantitative estimate of drug-likeness (QED) is 0.357. The van der Waals surface area contributed by atoms with E-state index in [1.165, 1.54) is 0 Å². The Labute approximate surface area is 91.6 Å². The van der Waals surface area contributed by atoms with Crippen LogP contribution in [0.5, 0.6) is 0 Å². The molecule has 0 aliphatic rings. The van der Waals surface area contributed by atoms with E-state index in [-0.39, 0.29) is 5.37 Å². The molecular formula is C10H19N3S. The number of allylic oxidation sites excluding steroid dienone is 1.